The zero-order valence-electron chi connectivity index (χ0n) is 10.7. The van der Waals surface area contributed by atoms with Gasteiger partial charge in [-0.15, -0.1) is 0 Å². The normalized spacial score (nSPS) is 10.4. The molecule has 0 aliphatic carbocycles. The molecule has 0 saturated carbocycles. The summed E-state index contributed by atoms with van der Waals surface area (Å²) in [5, 5.41) is 0. The number of unbranched alkanes of at least 4 members (excludes halogenated alkanes) is 3. The summed E-state index contributed by atoms with van der Waals surface area (Å²) >= 11 is 0. The van der Waals surface area contributed by atoms with Crippen molar-refractivity contribution in [2.45, 2.75) is 52.4 Å². The Morgan fingerprint density at radius 2 is 1.75 bits per heavy atom. The molecule has 1 aromatic rings. The predicted octanol–water partition coefficient (Wildman–Crippen LogP) is 4.60. The number of hydrogen-bond acceptors (Lipinski definition) is 1. The molecule has 0 radical (unpaired) electrons. The van der Waals surface area contributed by atoms with Crippen LogP contribution in [0.4, 0.5) is 0 Å². The van der Waals surface area contributed by atoms with Gasteiger partial charge in [0.1, 0.15) is 5.75 Å². The monoisotopic (exact) mass is 220 g/mol. The molecule has 0 bridgehead atoms. The number of aryl methyl sites for hydroxylation is 1. The summed E-state index contributed by atoms with van der Waals surface area (Å²) in [6.07, 6.45) is 7.48. The summed E-state index contributed by atoms with van der Waals surface area (Å²) in [7, 11) is 0. The highest BCUT2D eigenvalue weighted by atomic mass is 16.5. The van der Waals surface area contributed by atoms with Gasteiger partial charge in [-0.3, -0.25) is 0 Å². The van der Waals surface area contributed by atoms with E-state index in [9.17, 15) is 0 Å². The minimum Gasteiger partial charge on any atom is -0.493 e. The van der Waals surface area contributed by atoms with Gasteiger partial charge in [-0.2, -0.15) is 0 Å². The minimum absolute atomic E-state index is 0.825. The molecule has 1 aromatic carbocycles. The van der Waals surface area contributed by atoms with Crippen molar-refractivity contribution in [3.05, 3.63) is 29.8 Å². The molecule has 16 heavy (non-hydrogen) atoms. The first-order valence-corrected chi connectivity index (χ1v) is 6.59. The topological polar surface area (TPSA) is 9.23 Å². The summed E-state index contributed by atoms with van der Waals surface area (Å²) < 4.78 is 5.74. The lowest BCUT2D eigenvalue weighted by molar-refractivity contribution is 0.314. The highest BCUT2D eigenvalue weighted by Crippen LogP contribution is 2.20. The largest absolute Gasteiger partial charge is 0.493 e. The first-order valence-electron chi connectivity index (χ1n) is 6.59. The molecule has 0 N–H and O–H groups in total. The Balaban J connectivity index is 2.43. The van der Waals surface area contributed by atoms with E-state index in [1.54, 1.807) is 0 Å². The third-order valence-electron chi connectivity index (χ3n) is 2.73. The van der Waals surface area contributed by atoms with E-state index in [1.165, 1.54) is 31.2 Å². The number of ether oxygens (including phenoxy) is 1. The third kappa shape index (κ3) is 4.69. The molecule has 90 valence electrons. The van der Waals surface area contributed by atoms with Gasteiger partial charge in [0.2, 0.25) is 0 Å². The third-order valence-corrected chi connectivity index (χ3v) is 2.73. The maximum absolute atomic E-state index is 5.74. The van der Waals surface area contributed by atoms with Crippen molar-refractivity contribution in [1.29, 1.82) is 0 Å². The summed E-state index contributed by atoms with van der Waals surface area (Å²) in [5.41, 5.74) is 1.37. The lowest BCUT2D eigenvalue weighted by atomic mass is 10.1. The van der Waals surface area contributed by atoms with Crippen LogP contribution in [0.3, 0.4) is 0 Å². The molecule has 1 rings (SSSR count). The maximum atomic E-state index is 5.74. The second-order valence-corrected chi connectivity index (χ2v) is 4.27. The van der Waals surface area contributed by atoms with Crippen LogP contribution in [-0.2, 0) is 6.42 Å². The number of benzene rings is 1. The first kappa shape index (κ1) is 13.1. The van der Waals surface area contributed by atoms with E-state index in [0.29, 0.717) is 0 Å². The van der Waals surface area contributed by atoms with Gasteiger partial charge in [-0.05, 0) is 30.9 Å². The highest BCUT2D eigenvalue weighted by molar-refractivity contribution is 5.33. The van der Waals surface area contributed by atoms with E-state index in [4.69, 9.17) is 4.74 Å². The van der Waals surface area contributed by atoms with Crippen LogP contribution in [0.1, 0.15) is 51.5 Å². The molecule has 0 spiro atoms. The van der Waals surface area contributed by atoms with Crippen LogP contribution in [0.2, 0.25) is 0 Å². The Morgan fingerprint density at radius 3 is 2.50 bits per heavy atom. The Morgan fingerprint density at radius 1 is 0.938 bits per heavy atom. The molecule has 1 heteroatoms. The van der Waals surface area contributed by atoms with E-state index in [1.807, 2.05) is 0 Å². The Bertz CT molecular complexity index is 281. The van der Waals surface area contributed by atoms with E-state index in [2.05, 4.69) is 38.1 Å². The standard InChI is InChI=1S/C15H24O/c1-3-5-6-7-10-14-11-8-9-12-15(14)16-13-4-2/h8-9,11-12H,3-7,10,13H2,1-2H3. The second kappa shape index (κ2) is 8.20. The smallest absolute Gasteiger partial charge is 0.122 e. The van der Waals surface area contributed by atoms with E-state index in [0.717, 1.165) is 25.2 Å². The predicted molar refractivity (Wildman–Crippen MR) is 70.1 cm³/mol. The molecule has 0 aliphatic heterocycles. The average Bonchev–Trinajstić information content (AvgIpc) is 2.33. The lowest BCUT2D eigenvalue weighted by Gasteiger charge is -2.10. The fourth-order valence-electron chi connectivity index (χ4n) is 1.81. The van der Waals surface area contributed by atoms with Gasteiger partial charge in [-0.1, -0.05) is 51.3 Å². The van der Waals surface area contributed by atoms with Gasteiger partial charge in [-0.25, -0.2) is 0 Å². The highest BCUT2D eigenvalue weighted by Gasteiger charge is 2.01. The van der Waals surface area contributed by atoms with Gasteiger partial charge in [0.05, 0.1) is 6.61 Å². The molecule has 0 aromatic heterocycles. The van der Waals surface area contributed by atoms with Crippen LogP contribution in [0.25, 0.3) is 0 Å². The quantitative estimate of drug-likeness (QED) is 0.582. The Labute approximate surface area is 99.8 Å². The Hall–Kier alpha value is -0.980. The van der Waals surface area contributed by atoms with Crippen LogP contribution in [-0.4, -0.2) is 6.61 Å². The number of para-hydroxylation sites is 1. The van der Waals surface area contributed by atoms with Crippen molar-refractivity contribution < 1.29 is 4.74 Å². The molecule has 0 aliphatic rings. The van der Waals surface area contributed by atoms with Crippen LogP contribution in [0.5, 0.6) is 5.75 Å². The molecule has 0 fully saturated rings. The van der Waals surface area contributed by atoms with Crippen molar-refractivity contribution in [2.24, 2.45) is 0 Å². The molecular formula is C15H24O. The van der Waals surface area contributed by atoms with Crippen LogP contribution in [0.15, 0.2) is 24.3 Å². The lowest BCUT2D eigenvalue weighted by Crippen LogP contribution is -1.98. The summed E-state index contributed by atoms with van der Waals surface area (Å²) in [6.45, 7) is 5.22. The fourth-order valence-corrected chi connectivity index (χ4v) is 1.81. The molecule has 0 heterocycles. The SMILES string of the molecule is CCCCCCc1ccccc1OCCC. The van der Waals surface area contributed by atoms with Crippen molar-refractivity contribution in [3.8, 4) is 5.75 Å². The molecular weight excluding hydrogens is 196 g/mol. The summed E-state index contributed by atoms with van der Waals surface area (Å²) in [5.74, 6) is 1.08. The van der Waals surface area contributed by atoms with Crippen molar-refractivity contribution in [3.63, 3.8) is 0 Å². The minimum atomic E-state index is 0.825. The second-order valence-electron chi connectivity index (χ2n) is 4.27. The van der Waals surface area contributed by atoms with Crippen molar-refractivity contribution in [1.82, 2.24) is 0 Å². The average molecular weight is 220 g/mol. The van der Waals surface area contributed by atoms with Gasteiger partial charge in [0.25, 0.3) is 0 Å². The van der Waals surface area contributed by atoms with Gasteiger partial charge in [0, 0.05) is 0 Å². The van der Waals surface area contributed by atoms with E-state index in [-0.39, 0.29) is 0 Å². The summed E-state index contributed by atoms with van der Waals surface area (Å²) in [4.78, 5) is 0. The maximum Gasteiger partial charge on any atom is 0.122 e. The van der Waals surface area contributed by atoms with Crippen LogP contribution in [0, 0.1) is 0 Å². The van der Waals surface area contributed by atoms with Crippen LogP contribution < -0.4 is 4.74 Å². The van der Waals surface area contributed by atoms with Crippen molar-refractivity contribution >= 4 is 0 Å². The van der Waals surface area contributed by atoms with E-state index < -0.39 is 0 Å². The fraction of sp³-hybridized carbons (Fsp3) is 0.600. The van der Waals surface area contributed by atoms with Crippen molar-refractivity contribution in [2.75, 3.05) is 6.61 Å². The zero-order valence-corrected chi connectivity index (χ0v) is 10.7. The first-order chi connectivity index (χ1) is 7.88. The molecule has 0 atom stereocenters. The Kier molecular flexibility index (Phi) is 6.71. The number of rotatable bonds is 8. The number of hydrogen-bond donors (Lipinski definition) is 0. The molecule has 1 nitrogen and oxygen atoms in total. The zero-order chi connectivity index (χ0) is 11.6. The van der Waals surface area contributed by atoms with Gasteiger partial charge < -0.3 is 4.74 Å². The molecule has 0 unspecified atom stereocenters. The molecule has 0 amide bonds. The van der Waals surface area contributed by atoms with Crippen LogP contribution >= 0.6 is 0 Å². The molecule has 0 saturated heterocycles. The van der Waals surface area contributed by atoms with E-state index >= 15 is 0 Å². The summed E-state index contributed by atoms with van der Waals surface area (Å²) in [6, 6.07) is 8.44. The van der Waals surface area contributed by atoms with Gasteiger partial charge in [0.15, 0.2) is 0 Å². The van der Waals surface area contributed by atoms with Gasteiger partial charge >= 0.3 is 0 Å².